The molecule has 106 valence electrons. The molecule has 2 heterocycles. The Morgan fingerprint density at radius 1 is 1.24 bits per heavy atom. The fourth-order valence-corrected chi connectivity index (χ4v) is 3.77. The number of carboxylic acid groups (broad SMARTS) is 1. The molecule has 1 N–H and O–H groups in total. The van der Waals surface area contributed by atoms with Crippen LogP contribution in [0.1, 0.15) is 10.6 Å². The SMILES string of the molecule is Cc1nc(Sc2nnc3ccccc3n2)sc1CC(=O)O. The predicted octanol–water partition coefficient (Wildman–Crippen LogP) is 2.57. The van der Waals surface area contributed by atoms with Crippen molar-refractivity contribution in [2.24, 2.45) is 0 Å². The van der Waals surface area contributed by atoms with Gasteiger partial charge in [-0.3, -0.25) is 4.79 Å². The van der Waals surface area contributed by atoms with Gasteiger partial charge in [0, 0.05) is 4.88 Å². The first-order chi connectivity index (χ1) is 10.1. The average Bonchev–Trinajstić information content (AvgIpc) is 2.78. The molecule has 2 aromatic heterocycles. The van der Waals surface area contributed by atoms with Crippen LogP contribution in [0.15, 0.2) is 33.8 Å². The number of thiazole rings is 1. The number of fused-ring (bicyclic) bond motifs is 1. The van der Waals surface area contributed by atoms with Crippen LogP contribution in [0.3, 0.4) is 0 Å². The van der Waals surface area contributed by atoms with E-state index in [4.69, 9.17) is 5.11 Å². The molecule has 3 rings (SSSR count). The number of aromatic nitrogens is 4. The maximum absolute atomic E-state index is 10.8. The highest BCUT2D eigenvalue weighted by atomic mass is 32.2. The number of carboxylic acids is 1. The number of hydrogen-bond acceptors (Lipinski definition) is 7. The van der Waals surface area contributed by atoms with Gasteiger partial charge in [0.05, 0.1) is 17.6 Å². The minimum absolute atomic E-state index is 0.0130. The topological polar surface area (TPSA) is 88.9 Å². The second-order valence-corrected chi connectivity index (χ2v) is 6.54. The third-order valence-corrected chi connectivity index (χ3v) is 4.78. The number of benzene rings is 1. The first kappa shape index (κ1) is 13.9. The molecular weight excluding hydrogens is 308 g/mol. The summed E-state index contributed by atoms with van der Waals surface area (Å²) in [6.07, 6.45) is -0.0130. The lowest BCUT2D eigenvalue weighted by atomic mass is 10.3. The van der Waals surface area contributed by atoms with Crippen molar-refractivity contribution in [2.45, 2.75) is 22.8 Å². The Bertz CT molecular complexity index is 819. The summed E-state index contributed by atoms with van der Waals surface area (Å²) in [6, 6.07) is 7.50. The number of nitrogens with zero attached hydrogens (tertiary/aromatic N) is 4. The van der Waals surface area contributed by atoms with Gasteiger partial charge in [-0.25, -0.2) is 9.97 Å². The number of aliphatic carboxylic acids is 1. The molecule has 0 atom stereocenters. The Hall–Kier alpha value is -2.06. The zero-order chi connectivity index (χ0) is 14.8. The molecule has 0 aliphatic carbocycles. The van der Waals surface area contributed by atoms with Gasteiger partial charge < -0.3 is 5.11 Å². The van der Waals surface area contributed by atoms with E-state index >= 15 is 0 Å². The zero-order valence-electron chi connectivity index (χ0n) is 11.0. The largest absolute Gasteiger partial charge is 0.481 e. The molecule has 0 bridgehead atoms. The van der Waals surface area contributed by atoms with Crippen molar-refractivity contribution in [1.82, 2.24) is 20.2 Å². The molecule has 3 aromatic rings. The van der Waals surface area contributed by atoms with E-state index in [2.05, 4.69) is 20.2 Å². The highest BCUT2D eigenvalue weighted by Crippen LogP contribution is 2.31. The van der Waals surface area contributed by atoms with Gasteiger partial charge in [0.25, 0.3) is 0 Å². The van der Waals surface area contributed by atoms with Crippen LogP contribution in [0.2, 0.25) is 0 Å². The number of aryl methyl sites for hydroxylation is 1. The molecule has 8 heteroatoms. The fourth-order valence-electron chi connectivity index (χ4n) is 1.73. The minimum Gasteiger partial charge on any atom is -0.481 e. The van der Waals surface area contributed by atoms with E-state index in [-0.39, 0.29) is 6.42 Å². The summed E-state index contributed by atoms with van der Waals surface area (Å²) in [5.74, 6) is -0.859. The second-order valence-electron chi connectivity index (χ2n) is 4.24. The molecule has 0 aliphatic rings. The highest BCUT2D eigenvalue weighted by molar-refractivity contribution is 8.00. The van der Waals surface area contributed by atoms with Crippen molar-refractivity contribution in [2.75, 3.05) is 0 Å². The maximum atomic E-state index is 10.8. The summed E-state index contributed by atoms with van der Waals surface area (Å²) in [7, 11) is 0. The lowest BCUT2D eigenvalue weighted by Gasteiger charge is -1.97. The lowest BCUT2D eigenvalue weighted by Crippen LogP contribution is -1.99. The van der Waals surface area contributed by atoms with Gasteiger partial charge in [-0.1, -0.05) is 12.1 Å². The highest BCUT2D eigenvalue weighted by Gasteiger charge is 2.13. The van der Waals surface area contributed by atoms with Crippen molar-refractivity contribution < 1.29 is 9.90 Å². The summed E-state index contributed by atoms with van der Waals surface area (Å²) in [4.78, 5) is 20.3. The Morgan fingerprint density at radius 3 is 2.76 bits per heavy atom. The Balaban J connectivity index is 1.86. The summed E-state index contributed by atoms with van der Waals surface area (Å²) >= 11 is 2.65. The molecule has 0 radical (unpaired) electrons. The Morgan fingerprint density at radius 2 is 2.00 bits per heavy atom. The van der Waals surface area contributed by atoms with Gasteiger partial charge in [0.15, 0.2) is 4.34 Å². The summed E-state index contributed by atoms with van der Waals surface area (Å²) in [6.45, 7) is 1.80. The van der Waals surface area contributed by atoms with Crippen molar-refractivity contribution in [1.29, 1.82) is 0 Å². The van der Waals surface area contributed by atoms with Gasteiger partial charge >= 0.3 is 5.97 Å². The van der Waals surface area contributed by atoms with Gasteiger partial charge in [-0.2, -0.15) is 0 Å². The first-order valence-electron chi connectivity index (χ1n) is 6.07. The Labute approximate surface area is 128 Å². The van der Waals surface area contributed by atoms with Crippen molar-refractivity contribution in [3.8, 4) is 0 Å². The second kappa shape index (κ2) is 5.74. The van der Waals surface area contributed by atoms with Gasteiger partial charge in [0.2, 0.25) is 5.16 Å². The van der Waals surface area contributed by atoms with Crippen LogP contribution >= 0.6 is 23.1 Å². The molecular formula is C13H10N4O2S2. The molecule has 0 amide bonds. The molecule has 0 saturated carbocycles. The smallest absolute Gasteiger partial charge is 0.308 e. The third-order valence-electron chi connectivity index (χ3n) is 2.70. The maximum Gasteiger partial charge on any atom is 0.308 e. The lowest BCUT2D eigenvalue weighted by molar-refractivity contribution is -0.136. The zero-order valence-corrected chi connectivity index (χ0v) is 12.6. The number of hydrogen-bond donors (Lipinski definition) is 1. The van der Waals surface area contributed by atoms with Gasteiger partial charge in [0.1, 0.15) is 5.52 Å². The quantitative estimate of drug-likeness (QED) is 0.790. The molecule has 0 unspecified atom stereocenters. The first-order valence-corrected chi connectivity index (χ1v) is 7.70. The standard InChI is InChI=1S/C13H10N4O2S2/c1-7-10(6-11(18)19)20-13(14-7)21-12-15-8-4-2-3-5-9(8)16-17-12/h2-5H,6H2,1H3,(H,18,19). The monoisotopic (exact) mass is 318 g/mol. The molecule has 6 nitrogen and oxygen atoms in total. The average molecular weight is 318 g/mol. The number of para-hydroxylation sites is 1. The molecule has 0 spiro atoms. The van der Waals surface area contributed by atoms with E-state index in [1.165, 1.54) is 23.1 Å². The van der Waals surface area contributed by atoms with Crippen LogP contribution in [0, 0.1) is 6.92 Å². The predicted molar refractivity (Wildman–Crippen MR) is 79.6 cm³/mol. The van der Waals surface area contributed by atoms with Crippen LogP contribution in [-0.4, -0.2) is 31.2 Å². The third kappa shape index (κ3) is 3.17. The van der Waals surface area contributed by atoms with Crippen molar-refractivity contribution >= 4 is 40.1 Å². The summed E-state index contributed by atoms with van der Waals surface area (Å²) in [5.41, 5.74) is 2.25. The molecule has 0 aliphatic heterocycles. The van der Waals surface area contributed by atoms with Crippen LogP contribution in [-0.2, 0) is 11.2 Å². The van der Waals surface area contributed by atoms with E-state index in [1.807, 2.05) is 24.3 Å². The van der Waals surface area contributed by atoms with Crippen LogP contribution in [0.4, 0.5) is 0 Å². The number of carbonyl (C=O) groups is 1. The van der Waals surface area contributed by atoms with Crippen molar-refractivity contribution in [3.63, 3.8) is 0 Å². The normalized spacial score (nSPS) is 10.9. The number of rotatable bonds is 4. The van der Waals surface area contributed by atoms with E-state index in [0.29, 0.717) is 5.16 Å². The summed E-state index contributed by atoms with van der Waals surface area (Å²) in [5, 5.41) is 17.5. The minimum atomic E-state index is -0.859. The Kier molecular flexibility index (Phi) is 3.80. The fraction of sp³-hybridized carbons (Fsp3) is 0.154. The van der Waals surface area contributed by atoms with E-state index in [1.54, 1.807) is 6.92 Å². The van der Waals surface area contributed by atoms with E-state index in [0.717, 1.165) is 25.9 Å². The van der Waals surface area contributed by atoms with E-state index < -0.39 is 5.97 Å². The van der Waals surface area contributed by atoms with Gasteiger partial charge in [-0.05, 0) is 30.8 Å². The van der Waals surface area contributed by atoms with Crippen LogP contribution < -0.4 is 0 Å². The molecule has 0 fully saturated rings. The molecule has 0 saturated heterocycles. The van der Waals surface area contributed by atoms with Crippen LogP contribution in [0.25, 0.3) is 11.0 Å². The van der Waals surface area contributed by atoms with Crippen molar-refractivity contribution in [3.05, 3.63) is 34.8 Å². The van der Waals surface area contributed by atoms with Crippen LogP contribution in [0.5, 0.6) is 0 Å². The molecule has 21 heavy (non-hydrogen) atoms. The van der Waals surface area contributed by atoms with Gasteiger partial charge in [-0.15, -0.1) is 21.5 Å². The van der Waals surface area contributed by atoms with E-state index in [9.17, 15) is 4.79 Å². The summed E-state index contributed by atoms with van der Waals surface area (Å²) < 4.78 is 0.723. The molecule has 1 aromatic carbocycles.